The molecule has 0 aliphatic rings. The van der Waals surface area contributed by atoms with E-state index in [0.717, 1.165) is 16.8 Å². The van der Waals surface area contributed by atoms with Crippen LogP contribution < -0.4 is 10.3 Å². The highest BCUT2D eigenvalue weighted by molar-refractivity contribution is 5.95. The minimum Gasteiger partial charge on any atom is -0.378 e. The number of aryl methyl sites for hydroxylation is 2. The topological polar surface area (TPSA) is 44.7 Å². The zero-order valence-electron chi connectivity index (χ0n) is 13.4. The fraction of sp³-hybridized carbons (Fsp3) is 0.222. The van der Waals surface area contributed by atoms with Gasteiger partial charge in [0.2, 0.25) is 0 Å². The molecule has 0 aliphatic heterocycles. The van der Waals surface area contributed by atoms with Gasteiger partial charge >= 0.3 is 0 Å². The van der Waals surface area contributed by atoms with Crippen LogP contribution in [0.2, 0.25) is 0 Å². The molecule has 0 saturated carbocycles. The van der Waals surface area contributed by atoms with E-state index in [9.17, 15) is 4.79 Å². The minimum absolute atomic E-state index is 0.204. The number of hydrogen-bond acceptors (Lipinski definition) is 3. The van der Waals surface area contributed by atoms with Crippen molar-refractivity contribution in [1.29, 1.82) is 0 Å². The van der Waals surface area contributed by atoms with Gasteiger partial charge in [-0.1, -0.05) is 18.2 Å². The van der Waals surface area contributed by atoms with Crippen LogP contribution in [0.1, 0.15) is 27.0 Å². The van der Waals surface area contributed by atoms with Gasteiger partial charge in [0.15, 0.2) is 0 Å². The van der Waals surface area contributed by atoms with Gasteiger partial charge < -0.3 is 4.90 Å². The molecular formula is C18H21N3O. The quantitative estimate of drug-likeness (QED) is 0.695. The van der Waals surface area contributed by atoms with Crippen LogP contribution in [0.25, 0.3) is 0 Å². The standard InChI is InChI=1S/C18H21N3O/c1-13-5-8-16(11-14(13)2)18(22)20-19-12-15-6-9-17(10-7-15)21(3)4/h5-12H,1-4H3,(H,20,22). The Hall–Kier alpha value is -2.62. The van der Waals surface area contributed by atoms with Crippen LogP contribution in [0.5, 0.6) is 0 Å². The number of benzene rings is 2. The second-order valence-corrected chi connectivity index (χ2v) is 5.48. The van der Waals surface area contributed by atoms with Gasteiger partial charge in [0.25, 0.3) is 5.91 Å². The average Bonchev–Trinajstić information content (AvgIpc) is 2.50. The van der Waals surface area contributed by atoms with Crippen molar-refractivity contribution >= 4 is 17.8 Å². The van der Waals surface area contributed by atoms with Crippen LogP contribution in [0.15, 0.2) is 47.6 Å². The van der Waals surface area contributed by atoms with Gasteiger partial charge in [-0.2, -0.15) is 5.10 Å². The van der Waals surface area contributed by atoms with E-state index in [1.807, 2.05) is 69.2 Å². The van der Waals surface area contributed by atoms with Gasteiger partial charge in [0.05, 0.1) is 6.21 Å². The van der Waals surface area contributed by atoms with Gasteiger partial charge in [-0.15, -0.1) is 0 Å². The fourth-order valence-electron chi connectivity index (χ4n) is 1.97. The summed E-state index contributed by atoms with van der Waals surface area (Å²) in [6.45, 7) is 4.01. The lowest BCUT2D eigenvalue weighted by Gasteiger charge is -2.11. The summed E-state index contributed by atoms with van der Waals surface area (Å²) in [5.41, 5.74) is 7.48. The van der Waals surface area contributed by atoms with Gasteiger partial charge in [0, 0.05) is 25.3 Å². The van der Waals surface area contributed by atoms with Crippen LogP contribution in [-0.2, 0) is 0 Å². The molecule has 2 rings (SSSR count). The summed E-state index contributed by atoms with van der Waals surface area (Å²) < 4.78 is 0. The average molecular weight is 295 g/mol. The van der Waals surface area contributed by atoms with Crippen molar-refractivity contribution in [3.05, 3.63) is 64.7 Å². The monoisotopic (exact) mass is 295 g/mol. The molecule has 0 bridgehead atoms. The first-order chi connectivity index (χ1) is 10.5. The molecule has 0 spiro atoms. The van der Waals surface area contributed by atoms with E-state index in [4.69, 9.17) is 0 Å². The summed E-state index contributed by atoms with van der Waals surface area (Å²) in [5.74, 6) is -0.204. The van der Waals surface area contributed by atoms with E-state index in [0.29, 0.717) is 5.56 Å². The third kappa shape index (κ3) is 3.95. The Morgan fingerprint density at radius 3 is 2.32 bits per heavy atom. The molecule has 0 atom stereocenters. The van der Waals surface area contributed by atoms with Crippen LogP contribution in [0, 0.1) is 13.8 Å². The summed E-state index contributed by atoms with van der Waals surface area (Å²) in [5, 5.41) is 4.01. The van der Waals surface area contributed by atoms with E-state index in [2.05, 4.69) is 10.5 Å². The third-order valence-corrected chi connectivity index (χ3v) is 3.56. The number of amides is 1. The van der Waals surface area contributed by atoms with Crippen molar-refractivity contribution in [2.24, 2.45) is 5.10 Å². The van der Waals surface area contributed by atoms with Gasteiger partial charge in [-0.05, 0) is 54.8 Å². The molecule has 0 heterocycles. The Morgan fingerprint density at radius 2 is 1.73 bits per heavy atom. The van der Waals surface area contributed by atoms with Crippen LogP contribution in [0.4, 0.5) is 5.69 Å². The number of nitrogens with zero attached hydrogens (tertiary/aromatic N) is 2. The van der Waals surface area contributed by atoms with Crippen molar-refractivity contribution in [2.45, 2.75) is 13.8 Å². The van der Waals surface area contributed by atoms with Crippen molar-refractivity contribution in [3.63, 3.8) is 0 Å². The molecule has 1 N–H and O–H groups in total. The highest BCUT2D eigenvalue weighted by atomic mass is 16.2. The minimum atomic E-state index is -0.204. The van der Waals surface area contributed by atoms with Gasteiger partial charge in [0.1, 0.15) is 0 Å². The summed E-state index contributed by atoms with van der Waals surface area (Å²) in [4.78, 5) is 14.0. The lowest BCUT2D eigenvalue weighted by Crippen LogP contribution is -2.17. The molecule has 1 amide bonds. The lowest BCUT2D eigenvalue weighted by atomic mass is 10.1. The summed E-state index contributed by atoms with van der Waals surface area (Å²) in [6, 6.07) is 13.5. The summed E-state index contributed by atoms with van der Waals surface area (Å²) in [6.07, 6.45) is 1.64. The molecule has 114 valence electrons. The van der Waals surface area contributed by atoms with E-state index in [-0.39, 0.29) is 5.91 Å². The van der Waals surface area contributed by atoms with Crippen molar-refractivity contribution in [1.82, 2.24) is 5.43 Å². The molecule has 2 aromatic rings. The maximum absolute atomic E-state index is 12.0. The molecule has 4 heteroatoms. The van der Waals surface area contributed by atoms with E-state index < -0.39 is 0 Å². The number of nitrogens with one attached hydrogen (secondary N) is 1. The van der Waals surface area contributed by atoms with Crippen molar-refractivity contribution in [2.75, 3.05) is 19.0 Å². The molecule has 0 unspecified atom stereocenters. The molecule has 0 aromatic heterocycles. The molecule has 0 radical (unpaired) electrons. The SMILES string of the molecule is Cc1ccc(C(=O)NN=Cc2ccc(N(C)C)cc2)cc1C. The second kappa shape index (κ2) is 6.89. The van der Waals surface area contributed by atoms with Gasteiger partial charge in [-0.25, -0.2) is 5.43 Å². The molecular weight excluding hydrogens is 274 g/mol. The summed E-state index contributed by atoms with van der Waals surface area (Å²) in [7, 11) is 3.99. The van der Waals surface area contributed by atoms with Crippen molar-refractivity contribution < 1.29 is 4.79 Å². The third-order valence-electron chi connectivity index (χ3n) is 3.56. The number of carbonyl (C=O) groups is 1. The Bertz CT molecular complexity index is 688. The van der Waals surface area contributed by atoms with E-state index in [1.165, 1.54) is 5.56 Å². The number of anilines is 1. The first kappa shape index (κ1) is 15.8. The molecule has 0 saturated heterocycles. The first-order valence-corrected chi connectivity index (χ1v) is 7.15. The number of rotatable bonds is 4. The number of hydrogen-bond donors (Lipinski definition) is 1. The maximum atomic E-state index is 12.0. The van der Waals surface area contributed by atoms with E-state index in [1.54, 1.807) is 12.3 Å². The fourth-order valence-corrected chi connectivity index (χ4v) is 1.97. The molecule has 4 nitrogen and oxygen atoms in total. The lowest BCUT2D eigenvalue weighted by molar-refractivity contribution is 0.0955. The van der Waals surface area contributed by atoms with E-state index >= 15 is 0 Å². The molecule has 0 fully saturated rings. The first-order valence-electron chi connectivity index (χ1n) is 7.15. The summed E-state index contributed by atoms with van der Waals surface area (Å²) >= 11 is 0. The van der Waals surface area contributed by atoms with Crippen LogP contribution in [-0.4, -0.2) is 26.2 Å². The zero-order valence-corrected chi connectivity index (χ0v) is 13.4. The number of hydrazone groups is 1. The van der Waals surface area contributed by atoms with Crippen LogP contribution in [0.3, 0.4) is 0 Å². The Labute approximate surface area is 131 Å². The molecule has 2 aromatic carbocycles. The zero-order chi connectivity index (χ0) is 16.1. The van der Waals surface area contributed by atoms with Crippen LogP contribution >= 0.6 is 0 Å². The smallest absolute Gasteiger partial charge is 0.271 e. The number of carbonyl (C=O) groups excluding carboxylic acids is 1. The predicted molar refractivity (Wildman–Crippen MR) is 91.7 cm³/mol. The maximum Gasteiger partial charge on any atom is 0.271 e. The van der Waals surface area contributed by atoms with Crippen molar-refractivity contribution in [3.8, 4) is 0 Å². The normalized spacial score (nSPS) is 10.7. The highest BCUT2D eigenvalue weighted by Gasteiger charge is 2.05. The van der Waals surface area contributed by atoms with Gasteiger partial charge in [-0.3, -0.25) is 4.79 Å². The largest absolute Gasteiger partial charge is 0.378 e. The predicted octanol–water partition coefficient (Wildman–Crippen LogP) is 3.13. The molecule has 22 heavy (non-hydrogen) atoms. The Morgan fingerprint density at radius 1 is 1.05 bits per heavy atom. The molecule has 0 aliphatic carbocycles. The Balaban J connectivity index is 1.99. The Kier molecular flexibility index (Phi) is 4.94. The second-order valence-electron chi connectivity index (χ2n) is 5.48. The highest BCUT2D eigenvalue weighted by Crippen LogP contribution is 2.11.